The summed E-state index contributed by atoms with van der Waals surface area (Å²) < 4.78 is 11.1. The van der Waals surface area contributed by atoms with Crippen molar-refractivity contribution in [2.45, 2.75) is 3.79 Å². The molecule has 0 saturated heterocycles. The van der Waals surface area contributed by atoms with Gasteiger partial charge in [-0.05, 0) is 29.8 Å². The van der Waals surface area contributed by atoms with E-state index >= 15 is 0 Å². The van der Waals surface area contributed by atoms with Crippen molar-refractivity contribution in [3.63, 3.8) is 0 Å². The molecule has 0 unspecified atom stereocenters. The number of nitrogens with one attached hydrogen (secondary N) is 1. The van der Waals surface area contributed by atoms with E-state index in [1.165, 1.54) is 18.3 Å². The summed E-state index contributed by atoms with van der Waals surface area (Å²) in [4.78, 5) is 8.47. The van der Waals surface area contributed by atoms with Gasteiger partial charge in [0.15, 0.2) is 11.6 Å². The number of hydrogen-bond donors (Lipinski definition) is 1. The lowest BCUT2D eigenvalue weighted by molar-refractivity contribution is 0.628. The van der Waals surface area contributed by atoms with Crippen LogP contribution in [0.1, 0.15) is 11.4 Å². The smallest absolute Gasteiger partial charge is 0.250 e. The average molecular weight is 384 g/mol. The zero-order valence-electron chi connectivity index (χ0n) is 12.0. The fourth-order valence-electron chi connectivity index (χ4n) is 2.01. The first-order valence-corrected chi connectivity index (χ1v) is 7.95. The molecule has 3 aromatic rings. The molecule has 0 amide bonds. The Balaban J connectivity index is 1.94. The molecule has 0 bridgehead atoms. The van der Waals surface area contributed by atoms with Crippen LogP contribution in [0.2, 0.25) is 0 Å². The molecule has 4 nitrogen and oxygen atoms in total. The van der Waals surface area contributed by atoms with Crippen molar-refractivity contribution in [3.05, 3.63) is 65.7 Å². The number of fused-ring (bicyclic) bond motifs is 1. The topological polar surface area (TPSA) is 50.2 Å². The quantitative estimate of drug-likeness (QED) is 0.391. The molecule has 0 aliphatic heterocycles. The molecule has 2 aromatic carbocycles. The second-order valence-corrected chi connectivity index (χ2v) is 7.11. The van der Waals surface area contributed by atoms with Crippen molar-refractivity contribution in [3.8, 4) is 0 Å². The Morgan fingerprint density at radius 1 is 1.00 bits per heavy atom. The summed E-state index contributed by atoms with van der Waals surface area (Å²) in [6, 6.07) is 13.2. The van der Waals surface area contributed by atoms with Gasteiger partial charge >= 0.3 is 0 Å². The first-order valence-electron chi connectivity index (χ1n) is 6.82. The molecule has 1 heterocycles. The fraction of sp³-hybridized carbons (Fsp3) is 0.0625. The summed E-state index contributed by atoms with van der Waals surface area (Å²) >= 11 is 17.6. The first-order chi connectivity index (χ1) is 11.4. The number of hydrogen-bond acceptors (Lipinski definition) is 4. The highest BCUT2D eigenvalue weighted by Crippen LogP contribution is 2.37. The Hall–Kier alpha value is -1.95. The number of para-hydroxylation sites is 1. The van der Waals surface area contributed by atoms with E-state index in [4.69, 9.17) is 34.8 Å². The summed E-state index contributed by atoms with van der Waals surface area (Å²) in [7, 11) is 0. The van der Waals surface area contributed by atoms with Crippen LogP contribution >= 0.6 is 34.8 Å². The zero-order valence-corrected chi connectivity index (χ0v) is 14.3. The Labute approximate surface area is 152 Å². The molecule has 0 aliphatic carbocycles. The van der Waals surface area contributed by atoms with Crippen LogP contribution in [-0.4, -0.2) is 16.2 Å². The average Bonchev–Trinajstić information content (AvgIpc) is 2.55. The second-order valence-electron chi connectivity index (χ2n) is 4.83. The van der Waals surface area contributed by atoms with Crippen LogP contribution in [0.5, 0.6) is 0 Å². The second kappa shape index (κ2) is 6.89. The summed E-state index contributed by atoms with van der Waals surface area (Å²) in [6.07, 6.45) is 1.53. The third-order valence-electron chi connectivity index (χ3n) is 3.11. The van der Waals surface area contributed by atoms with E-state index in [-0.39, 0.29) is 11.6 Å². The van der Waals surface area contributed by atoms with Crippen LogP contribution in [0.15, 0.2) is 53.6 Å². The molecule has 0 saturated carbocycles. The SMILES string of the molecule is Fc1ccc(/C=N\Nc2nc(C(Cl)(Cl)Cl)nc3ccccc23)cc1. The van der Waals surface area contributed by atoms with Crippen LogP contribution in [0, 0.1) is 5.82 Å². The monoisotopic (exact) mass is 382 g/mol. The molecular weight excluding hydrogens is 374 g/mol. The van der Waals surface area contributed by atoms with Crippen molar-refractivity contribution in [2.24, 2.45) is 5.10 Å². The number of rotatable bonds is 3. The molecule has 0 atom stereocenters. The van der Waals surface area contributed by atoms with E-state index in [0.29, 0.717) is 11.3 Å². The van der Waals surface area contributed by atoms with E-state index in [2.05, 4.69) is 20.5 Å². The molecule has 1 aromatic heterocycles. The summed E-state index contributed by atoms with van der Waals surface area (Å²) in [6.45, 7) is 0. The lowest BCUT2D eigenvalue weighted by atomic mass is 10.2. The molecule has 8 heteroatoms. The van der Waals surface area contributed by atoms with Crippen LogP contribution in [0.3, 0.4) is 0 Å². The number of hydrazone groups is 1. The van der Waals surface area contributed by atoms with Gasteiger partial charge in [-0.3, -0.25) is 5.43 Å². The predicted octanol–water partition coefficient (Wildman–Crippen LogP) is 5.04. The van der Waals surface area contributed by atoms with Gasteiger partial charge in [0, 0.05) is 5.39 Å². The minimum absolute atomic E-state index is 0.0469. The van der Waals surface area contributed by atoms with Gasteiger partial charge in [0.25, 0.3) is 0 Å². The maximum Gasteiger partial charge on any atom is 0.250 e. The van der Waals surface area contributed by atoms with E-state index in [0.717, 1.165) is 10.9 Å². The Morgan fingerprint density at radius 2 is 1.71 bits per heavy atom. The summed E-state index contributed by atoms with van der Waals surface area (Å²) in [5, 5.41) is 4.83. The summed E-state index contributed by atoms with van der Waals surface area (Å²) in [5.41, 5.74) is 4.16. The van der Waals surface area contributed by atoms with Gasteiger partial charge in [-0.1, -0.05) is 59.1 Å². The third kappa shape index (κ3) is 3.93. The van der Waals surface area contributed by atoms with Gasteiger partial charge in [0.2, 0.25) is 3.79 Å². The molecule has 0 fully saturated rings. The number of benzene rings is 2. The van der Waals surface area contributed by atoms with Crippen molar-refractivity contribution >= 4 is 57.7 Å². The van der Waals surface area contributed by atoms with Crippen molar-refractivity contribution < 1.29 is 4.39 Å². The molecule has 1 N–H and O–H groups in total. The summed E-state index contributed by atoms with van der Waals surface area (Å²) in [5.74, 6) is 0.139. The Morgan fingerprint density at radius 3 is 2.42 bits per heavy atom. The van der Waals surface area contributed by atoms with Gasteiger partial charge in [-0.2, -0.15) is 5.10 Å². The van der Waals surface area contributed by atoms with Crippen LogP contribution in [-0.2, 0) is 3.79 Å². The van der Waals surface area contributed by atoms with Crippen LogP contribution < -0.4 is 5.43 Å². The molecule has 0 aliphatic rings. The van der Waals surface area contributed by atoms with Crippen LogP contribution in [0.25, 0.3) is 10.9 Å². The van der Waals surface area contributed by atoms with Crippen molar-refractivity contribution in [1.82, 2.24) is 9.97 Å². The minimum Gasteiger partial charge on any atom is -0.261 e. The van der Waals surface area contributed by atoms with E-state index in [1.54, 1.807) is 18.2 Å². The number of anilines is 1. The molecule has 3 rings (SSSR count). The van der Waals surface area contributed by atoms with Gasteiger partial charge in [-0.25, -0.2) is 14.4 Å². The van der Waals surface area contributed by atoms with Crippen LogP contribution in [0.4, 0.5) is 10.2 Å². The van der Waals surface area contributed by atoms with Crippen molar-refractivity contribution in [1.29, 1.82) is 0 Å². The largest absolute Gasteiger partial charge is 0.261 e. The Kier molecular flexibility index (Phi) is 4.85. The van der Waals surface area contributed by atoms with Gasteiger partial charge in [0.05, 0.1) is 11.7 Å². The highest BCUT2D eigenvalue weighted by molar-refractivity contribution is 6.66. The zero-order chi connectivity index (χ0) is 17.2. The van der Waals surface area contributed by atoms with Crippen molar-refractivity contribution in [2.75, 3.05) is 5.43 Å². The third-order valence-corrected chi connectivity index (χ3v) is 3.62. The normalized spacial score (nSPS) is 12.0. The molecule has 24 heavy (non-hydrogen) atoms. The van der Waals surface area contributed by atoms with E-state index in [9.17, 15) is 4.39 Å². The molecule has 0 radical (unpaired) electrons. The lowest BCUT2D eigenvalue weighted by Crippen LogP contribution is -2.09. The molecule has 122 valence electrons. The highest BCUT2D eigenvalue weighted by atomic mass is 35.6. The maximum atomic E-state index is 12.9. The number of nitrogens with zero attached hydrogens (tertiary/aromatic N) is 3. The fourth-order valence-corrected chi connectivity index (χ4v) is 2.26. The lowest BCUT2D eigenvalue weighted by Gasteiger charge is -2.12. The minimum atomic E-state index is -1.75. The highest BCUT2D eigenvalue weighted by Gasteiger charge is 2.28. The Bertz CT molecular complexity index is 892. The van der Waals surface area contributed by atoms with Gasteiger partial charge < -0.3 is 0 Å². The van der Waals surface area contributed by atoms with E-state index < -0.39 is 3.79 Å². The molecule has 0 spiro atoms. The standard InChI is InChI=1S/C16H10Cl3FN4/c17-16(18,19)15-22-13-4-2-1-3-12(13)14(23-15)24-21-9-10-5-7-11(20)8-6-10/h1-9H,(H,22,23,24)/b21-9-. The predicted molar refractivity (Wildman–Crippen MR) is 96.4 cm³/mol. The van der Waals surface area contributed by atoms with Gasteiger partial charge in [0.1, 0.15) is 5.82 Å². The first kappa shape index (κ1) is 16.9. The van der Waals surface area contributed by atoms with Gasteiger partial charge in [-0.15, -0.1) is 0 Å². The number of halogens is 4. The maximum absolute atomic E-state index is 12.9. The van der Waals surface area contributed by atoms with E-state index in [1.807, 2.05) is 18.2 Å². The number of alkyl halides is 3. The molecular formula is C16H10Cl3FN4. The number of aromatic nitrogens is 2.